The highest BCUT2D eigenvalue weighted by molar-refractivity contribution is 5.68. The molecule has 0 atom stereocenters. The molecule has 58 heavy (non-hydrogen) atoms. The monoisotopic (exact) mass is 785 g/mol. The van der Waals surface area contributed by atoms with Crippen LogP contribution in [0.25, 0.3) is 22.5 Å². The van der Waals surface area contributed by atoms with Crippen LogP contribution in [0.3, 0.4) is 0 Å². The van der Waals surface area contributed by atoms with Gasteiger partial charge in [-0.2, -0.15) is 10.2 Å². The molecule has 0 radical (unpaired) electrons. The van der Waals surface area contributed by atoms with Crippen LogP contribution in [0.4, 0.5) is 36.8 Å². The number of hydrogen-bond acceptors (Lipinski definition) is 12. The van der Waals surface area contributed by atoms with Gasteiger partial charge >= 0.3 is 6.09 Å². The smallest absolute Gasteiger partial charge is 0.410 e. The molecule has 17 heteroatoms. The first-order chi connectivity index (χ1) is 28.0. The van der Waals surface area contributed by atoms with Crippen molar-refractivity contribution in [3.63, 3.8) is 0 Å². The molecule has 3 aromatic carbocycles. The lowest BCUT2D eigenvalue weighted by Gasteiger charge is -2.41. The predicted molar refractivity (Wildman–Crippen MR) is 209 cm³/mol. The maximum Gasteiger partial charge on any atom is 0.410 e. The van der Waals surface area contributed by atoms with Gasteiger partial charge < -0.3 is 30.5 Å². The molecule has 15 nitrogen and oxygen atoms in total. The third-order valence-electron chi connectivity index (χ3n) is 9.94. The fourth-order valence-electron chi connectivity index (χ4n) is 6.81. The van der Waals surface area contributed by atoms with E-state index in [1.54, 1.807) is 63.6 Å². The number of aromatic hydroxyl groups is 2. The molecular weight excluding hydrogens is 749 g/mol. The van der Waals surface area contributed by atoms with Crippen molar-refractivity contribution in [1.82, 2.24) is 44.4 Å². The molecule has 0 bridgehead atoms. The molecule has 5 heterocycles. The van der Waals surface area contributed by atoms with Crippen molar-refractivity contribution in [2.45, 2.75) is 39.0 Å². The van der Waals surface area contributed by atoms with Gasteiger partial charge in [-0.3, -0.25) is 0 Å². The lowest BCUT2D eigenvalue weighted by molar-refractivity contribution is 0.0431. The van der Waals surface area contributed by atoms with Crippen molar-refractivity contribution < 1.29 is 28.5 Å². The van der Waals surface area contributed by atoms with Crippen molar-refractivity contribution in [1.29, 1.82) is 0 Å². The summed E-state index contributed by atoms with van der Waals surface area (Å²) >= 11 is 0. The first-order valence-corrected chi connectivity index (χ1v) is 18.3. The van der Waals surface area contributed by atoms with Gasteiger partial charge in [-0.05, 0) is 66.9 Å². The Morgan fingerprint density at radius 3 is 1.72 bits per heavy atom. The number of ether oxygens (including phenoxy) is 1. The van der Waals surface area contributed by atoms with Gasteiger partial charge in [0.15, 0.2) is 28.8 Å². The number of rotatable bonds is 10. The first kappa shape index (κ1) is 37.5. The molecule has 4 aromatic heterocycles. The quantitative estimate of drug-likeness (QED) is 0.108. The van der Waals surface area contributed by atoms with Crippen LogP contribution in [-0.2, 0) is 17.0 Å². The number of benzene rings is 3. The number of amides is 1. The molecule has 1 aliphatic heterocycles. The summed E-state index contributed by atoms with van der Waals surface area (Å²) in [5, 5.41) is 35.2. The van der Waals surface area contributed by atoms with Gasteiger partial charge in [0.2, 0.25) is 11.9 Å². The van der Waals surface area contributed by atoms with Gasteiger partial charge in [0.1, 0.15) is 6.61 Å². The maximum atomic E-state index is 14.2. The Morgan fingerprint density at radius 1 is 0.741 bits per heavy atom. The van der Waals surface area contributed by atoms with Crippen LogP contribution >= 0.6 is 0 Å². The number of aryl methyl sites for hydroxylation is 2. The zero-order chi connectivity index (χ0) is 40.4. The minimum Gasteiger partial charge on any atom is -0.505 e. The Labute approximate surface area is 330 Å². The first-order valence-electron chi connectivity index (χ1n) is 18.3. The van der Waals surface area contributed by atoms with Crippen LogP contribution in [0.5, 0.6) is 11.5 Å². The Kier molecular flexibility index (Phi) is 10.1. The second-order valence-corrected chi connectivity index (χ2v) is 13.9. The van der Waals surface area contributed by atoms with E-state index in [1.807, 2.05) is 44.2 Å². The number of aromatic nitrogens is 8. The molecule has 0 aliphatic carbocycles. The molecule has 0 unspecified atom stereocenters. The molecule has 1 aliphatic rings. The number of piperidine rings is 1. The Hall–Kier alpha value is -7.43. The van der Waals surface area contributed by atoms with Crippen LogP contribution in [0, 0.1) is 25.5 Å². The summed E-state index contributed by atoms with van der Waals surface area (Å²) in [6.45, 7) is 4.44. The molecular formula is C41H37F2N11O4. The van der Waals surface area contributed by atoms with Gasteiger partial charge in [0.05, 0.1) is 47.6 Å². The number of nitrogens with one attached hydrogen (secondary N) is 2. The van der Waals surface area contributed by atoms with Crippen molar-refractivity contribution in [2.24, 2.45) is 0 Å². The summed E-state index contributed by atoms with van der Waals surface area (Å²) in [6.07, 6.45) is 10.5. The van der Waals surface area contributed by atoms with E-state index in [2.05, 4.69) is 30.6 Å². The molecule has 1 saturated heterocycles. The van der Waals surface area contributed by atoms with Crippen molar-refractivity contribution in [3.05, 3.63) is 132 Å². The number of carbonyl (C=O) groups excluding carboxylic acids is 1. The normalized spacial score (nSPS) is 13.6. The number of anilines is 4. The second-order valence-electron chi connectivity index (χ2n) is 13.9. The maximum absolute atomic E-state index is 14.2. The summed E-state index contributed by atoms with van der Waals surface area (Å²) < 4.78 is 37.6. The van der Waals surface area contributed by atoms with E-state index < -0.39 is 34.9 Å². The number of likely N-dealkylation sites (tertiary alicyclic amines) is 1. The average Bonchev–Trinajstić information content (AvgIpc) is 3.92. The van der Waals surface area contributed by atoms with Gasteiger partial charge in [0, 0.05) is 49.5 Å². The Bertz CT molecular complexity index is 2470. The number of phenolic OH excluding ortho intramolecular Hbond substituents is 2. The molecule has 1 amide bonds. The molecule has 4 N–H and O–H groups in total. The predicted octanol–water partition coefficient (Wildman–Crippen LogP) is 7.42. The Balaban J connectivity index is 1.06. The van der Waals surface area contributed by atoms with Gasteiger partial charge in [-0.25, -0.2) is 42.9 Å². The van der Waals surface area contributed by atoms with E-state index in [1.165, 1.54) is 24.3 Å². The second kappa shape index (κ2) is 15.6. The summed E-state index contributed by atoms with van der Waals surface area (Å²) in [6, 6.07) is 17.6. The number of phenols is 2. The van der Waals surface area contributed by atoms with E-state index in [4.69, 9.17) is 14.9 Å². The lowest BCUT2D eigenvalue weighted by Crippen LogP contribution is -2.52. The molecule has 294 valence electrons. The lowest BCUT2D eigenvalue weighted by atomic mass is 9.97. The molecule has 0 spiro atoms. The van der Waals surface area contributed by atoms with Crippen molar-refractivity contribution in [2.75, 3.05) is 23.7 Å². The highest BCUT2D eigenvalue weighted by Crippen LogP contribution is 2.35. The van der Waals surface area contributed by atoms with Gasteiger partial charge in [-0.1, -0.05) is 30.3 Å². The minimum atomic E-state index is -0.887. The van der Waals surface area contributed by atoms with Crippen molar-refractivity contribution >= 4 is 29.4 Å². The molecule has 7 aromatic rings. The Morgan fingerprint density at radius 2 is 1.24 bits per heavy atom. The standard InChI is InChI=1S/C41H37F2N11O4/c1-25-18-44-38(50-36(25)28-8-10-34(55)32(42)16-28)48-30-20-46-53(22-30)41(12-14-52(15-13-41)40(57)58-24-27-6-4-3-5-7-27)54-23-31(21-47-54)49-39-45-19-26(2)37(51-39)29-9-11-35(56)33(43)17-29/h3-11,16-23,55-56H,12-15,24H2,1-2H3,(H,44,48,50)(H,45,49,51). The summed E-state index contributed by atoms with van der Waals surface area (Å²) in [5.74, 6) is -1.93. The topological polar surface area (TPSA) is 181 Å². The molecule has 1 fully saturated rings. The fraction of sp³-hybridized carbons (Fsp3) is 0.195. The van der Waals surface area contributed by atoms with E-state index in [9.17, 15) is 23.8 Å². The number of hydrogen-bond donors (Lipinski definition) is 4. The molecule has 8 rings (SSSR count). The largest absolute Gasteiger partial charge is 0.505 e. The third-order valence-corrected chi connectivity index (χ3v) is 9.94. The van der Waals surface area contributed by atoms with Crippen LogP contribution < -0.4 is 10.6 Å². The average molecular weight is 786 g/mol. The minimum absolute atomic E-state index is 0.151. The van der Waals surface area contributed by atoms with Crippen LogP contribution in [0.1, 0.15) is 29.5 Å². The van der Waals surface area contributed by atoms with Gasteiger partial charge in [-0.15, -0.1) is 0 Å². The zero-order valence-electron chi connectivity index (χ0n) is 31.3. The van der Waals surface area contributed by atoms with Crippen LogP contribution in [0.2, 0.25) is 0 Å². The molecule has 0 saturated carbocycles. The third kappa shape index (κ3) is 7.69. The highest BCUT2D eigenvalue weighted by atomic mass is 19.1. The van der Waals surface area contributed by atoms with Crippen LogP contribution in [-0.4, -0.2) is 73.8 Å². The number of halogens is 2. The number of carbonyl (C=O) groups is 1. The van der Waals surface area contributed by atoms with E-state index in [-0.39, 0.29) is 18.5 Å². The fourth-order valence-corrected chi connectivity index (χ4v) is 6.81. The number of nitrogens with zero attached hydrogens (tertiary/aromatic N) is 9. The highest BCUT2D eigenvalue weighted by Gasteiger charge is 2.41. The van der Waals surface area contributed by atoms with E-state index in [0.717, 1.165) is 5.56 Å². The van der Waals surface area contributed by atoms with E-state index >= 15 is 0 Å². The van der Waals surface area contributed by atoms with E-state index in [0.29, 0.717) is 70.9 Å². The zero-order valence-corrected chi connectivity index (χ0v) is 31.3. The summed E-state index contributed by atoms with van der Waals surface area (Å²) in [7, 11) is 0. The SMILES string of the molecule is Cc1cnc(Nc2cnn(C3(n4cc(Nc5ncc(C)c(-c6ccc(O)c(F)c6)n5)cn4)CCN(C(=O)OCc4ccccc4)CC3)c2)nc1-c1ccc(O)c(F)c1. The van der Waals surface area contributed by atoms with Gasteiger partial charge in [0.25, 0.3) is 0 Å². The van der Waals surface area contributed by atoms with Crippen LogP contribution in [0.15, 0.2) is 104 Å². The van der Waals surface area contributed by atoms with Crippen molar-refractivity contribution in [3.8, 4) is 34.0 Å². The summed E-state index contributed by atoms with van der Waals surface area (Å²) in [4.78, 5) is 32.9. The summed E-state index contributed by atoms with van der Waals surface area (Å²) in [5.41, 5.74) is 4.48.